The smallest absolute Gasteiger partial charge is 0.0619 e. The SMILES string of the molecule is c1ccc(-c2c(-c3ccccc3)n(-c3ccccc3)c3cc(N(c4ccccc4)c4cc5c6ccccc6c(N(c6ccccc6)c6ccc7c(-c8ccccc8)c(-c8ccccc8)n(-c8ccccc8)c7c6)cc5c5ccccc45)ccc23)cc1. The van der Waals surface area contributed by atoms with Crippen molar-refractivity contribution in [1.29, 1.82) is 0 Å². The number of para-hydroxylation sites is 4. The Balaban J connectivity index is 0.944. The van der Waals surface area contributed by atoms with Crippen LogP contribution < -0.4 is 9.80 Å². The third-order valence-corrected chi connectivity index (χ3v) is 17.0. The Morgan fingerprint density at radius 2 is 0.488 bits per heavy atom. The number of rotatable bonds is 12. The van der Waals surface area contributed by atoms with E-state index < -0.39 is 0 Å². The van der Waals surface area contributed by atoms with Crippen molar-refractivity contribution in [3.63, 3.8) is 0 Å². The summed E-state index contributed by atoms with van der Waals surface area (Å²) in [4.78, 5) is 4.94. The Hall–Kier alpha value is -11.5. The Labute approximate surface area is 500 Å². The van der Waals surface area contributed by atoms with Gasteiger partial charge in [-0.3, -0.25) is 0 Å². The number of hydrogen-bond donors (Lipinski definition) is 0. The minimum absolute atomic E-state index is 1.06. The van der Waals surface area contributed by atoms with Crippen LogP contribution in [0.2, 0.25) is 0 Å². The fourth-order valence-electron chi connectivity index (χ4n) is 13.3. The second-order valence-corrected chi connectivity index (χ2v) is 22.0. The van der Waals surface area contributed by atoms with Crippen LogP contribution in [0.1, 0.15) is 0 Å². The van der Waals surface area contributed by atoms with Gasteiger partial charge in [-0.2, -0.15) is 0 Å². The summed E-state index contributed by atoms with van der Waals surface area (Å²) in [5.41, 5.74) is 20.3. The molecule has 14 aromatic carbocycles. The maximum atomic E-state index is 2.47. The molecule has 0 unspecified atom stereocenters. The molecule has 0 bridgehead atoms. The molecule has 4 heteroatoms. The maximum Gasteiger partial charge on any atom is 0.0619 e. The molecule has 0 fully saturated rings. The molecule has 86 heavy (non-hydrogen) atoms. The van der Waals surface area contributed by atoms with Gasteiger partial charge in [-0.05, 0) is 129 Å². The molecule has 2 heterocycles. The molecular formula is C82H56N4. The zero-order valence-corrected chi connectivity index (χ0v) is 47.1. The summed E-state index contributed by atoms with van der Waals surface area (Å²) in [6.45, 7) is 0. The highest BCUT2D eigenvalue weighted by atomic mass is 15.2. The van der Waals surface area contributed by atoms with Crippen LogP contribution in [0.4, 0.5) is 34.1 Å². The molecular weight excluding hydrogens is 1040 g/mol. The Bertz CT molecular complexity index is 4790. The predicted molar refractivity (Wildman–Crippen MR) is 364 cm³/mol. The van der Waals surface area contributed by atoms with Crippen LogP contribution in [0.3, 0.4) is 0 Å². The van der Waals surface area contributed by atoms with Crippen LogP contribution in [-0.2, 0) is 0 Å². The molecule has 0 aliphatic heterocycles. The summed E-state index contributed by atoms with van der Waals surface area (Å²) >= 11 is 0. The summed E-state index contributed by atoms with van der Waals surface area (Å²) in [5.74, 6) is 0. The molecule has 0 saturated carbocycles. The molecule has 0 N–H and O–H groups in total. The summed E-state index contributed by atoms with van der Waals surface area (Å²) in [6.07, 6.45) is 0. The number of fused-ring (bicyclic) bond motifs is 7. The first-order valence-corrected chi connectivity index (χ1v) is 29.5. The number of hydrogen-bond acceptors (Lipinski definition) is 2. The standard InChI is InChI=1S/C82H56N4/c1-9-29-57(30-10-1)79-71-51-49-65(53-75(71)85(63-41-21-7-22-42-63)81(79)59-33-13-3-14-34-59)83(61-37-17-5-18-38-61)77-55-73-68-46-26-28-48-70(68)78(56-74(73)67-45-25-27-47-69(67)77)84(62-39-19-6-20-40-62)66-50-52-72-76(54-66)86(64-43-23-8-24-44-64)82(60-35-15-4-16-36-60)80(72)58-31-11-2-12-32-58/h1-56H. The average molecular weight is 1100 g/mol. The second kappa shape index (κ2) is 21.4. The van der Waals surface area contributed by atoms with E-state index in [1.54, 1.807) is 0 Å². The molecule has 0 spiro atoms. The van der Waals surface area contributed by atoms with Gasteiger partial charge in [-0.1, -0.05) is 255 Å². The van der Waals surface area contributed by atoms with E-state index >= 15 is 0 Å². The lowest BCUT2D eigenvalue weighted by Gasteiger charge is -2.30. The van der Waals surface area contributed by atoms with Gasteiger partial charge >= 0.3 is 0 Å². The van der Waals surface area contributed by atoms with Crippen molar-refractivity contribution in [2.75, 3.05) is 9.80 Å². The molecule has 404 valence electrons. The van der Waals surface area contributed by atoms with Gasteiger partial charge < -0.3 is 18.9 Å². The monoisotopic (exact) mass is 1100 g/mol. The predicted octanol–water partition coefficient (Wildman–Crippen LogP) is 22.6. The van der Waals surface area contributed by atoms with Crippen LogP contribution in [0.15, 0.2) is 340 Å². The Morgan fingerprint density at radius 1 is 0.198 bits per heavy atom. The summed E-state index contributed by atoms with van der Waals surface area (Å²) in [5, 5.41) is 9.34. The highest BCUT2D eigenvalue weighted by molar-refractivity contribution is 6.25. The number of nitrogens with zero attached hydrogens (tertiary/aromatic N) is 4. The minimum atomic E-state index is 1.06. The summed E-state index contributed by atoms with van der Waals surface area (Å²) in [6, 6.07) is 124. The Kier molecular flexibility index (Phi) is 12.5. The summed E-state index contributed by atoms with van der Waals surface area (Å²) in [7, 11) is 0. The van der Waals surface area contributed by atoms with Crippen molar-refractivity contribution >= 4 is 88.2 Å². The lowest BCUT2D eigenvalue weighted by molar-refractivity contribution is 1.13. The first kappa shape index (κ1) is 50.3. The van der Waals surface area contributed by atoms with Gasteiger partial charge in [-0.25, -0.2) is 0 Å². The van der Waals surface area contributed by atoms with Crippen LogP contribution in [0.5, 0.6) is 0 Å². The number of benzene rings is 14. The van der Waals surface area contributed by atoms with Gasteiger partial charge in [0.15, 0.2) is 0 Å². The lowest BCUT2D eigenvalue weighted by atomic mass is 9.93. The maximum absolute atomic E-state index is 2.47. The largest absolute Gasteiger partial charge is 0.310 e. The van der Waals surface area contributed by atoms with E-state index in [1.165, 1.54) is 54.6 Å². The fraction of sp³-hybridized carbons (Fsp3) is 0. The van der Waals surface area contributed by atoms with Crippen molar-refractivity contribution < 1.29 is 0 Å². The molecule has 0 saturated heterocycles. The normalized spacial score (nSPS) is 11.5. The number of anilines is 6. The number of aromatic nitrogens is 2. The van der Waals surface area contributed by atoms with Gasteiger partial charge in [0.05, 0.1) is 33.8 Å². The molecule has 0 aliphatic rings. The van der Waals surface area contributed by atoms with Crippen molar-refractivity contribution in [1.82, 2.24) is 9.13 Å². The zero-order chi connectivity index (χ0) is 56.9. The topological polar surface area (TPSA) is 16.3 Å². The van der Waals surface area contributed by atoms with Crippen LogP contribution >= 0.6 is 0 Å². The van der Waals surface area contributed by atoms with Gasteiger partial charge in [-0.15, -0.1) is 0 Å². The summed E-state index contributed by atoms with van der Waals surface area (Å²) < 4.78 is 4.93. The minimum Gasteiger partial charge on any atom is -0.310 e. The van der Waals surface area contributed by atoms with Crippen molar-refractivity contribution in [2.24, 2.45) is 0 Å². The van der Waals surface area contributed by atoms with Gasteiger partial charge in [0.25, 0.3) is 0 Å². The van der Waals surface area contributed by atoms with Crippen LogP contribution in [-0.4, -0.2) is 9.13 Å². The van der Waals surface area contributed by atoms with Crippen LogP contribution in [0.25, 0.3) is 110 Å². The first-order valence-electron chi connectivity index (χ1n) is 29.5. The van der Waals surface area contributed by atoms with E-state index in [0.717, 1.165) is 89.8 Å². The molecule has 0 amide bonds. The first-order chi connectivity index (χ1) is 42.7. The molecule has 0 aliphatic carbocycles. The van der Waals surface area contributed by atoms with Crippen molar-refractivity contribution in [2.45, 2.75) is 0 Å². The fourth-order valence-corrected chi connectivity index (χ4v) is 13.3. The van der Waals surface area contributed by atoms with Crippen molar-refractivity contribution in [3.8, 4) is 56.1 Å². The Morgan fingerprint density at radius 3 is 0.837 bits per heavy atom. The van der Waals surface area contributed by atoms with E-state index in [-0.39, 0.29) is 0 Å². The highest BCUT2D eigenvalue weighted by Crippen LogP contribution is 2.51. The zero-order valence-electron chi connectivity index (χ0n) is 47.1. The average Bonchev–Trinajstić information content (AvgIpc) is 1.77. The molecule has 2 aromatic heterocycles. The quantitative estimate of drug-likeness (QED) is 0.113. The molecule has 4 nitrogen and oxygen atoms in total. The van der Waals surface area contributed by atoms with Gasteiger partial charge in [0.1, 0.15) is 0 Å². The van der Waals surface area contributed by atoms with Crippen LogP contribution in [0, 0.1) is 0 Å². The van der Waals surface area contributed by atoms with Gasteiger partial charge in [0.2, 0.25) is 0 Å². The molecule has 0 radical (unpaired) electrons. The third kappa shape index (κ3) is 8.54. The van der Waals surface area contributed by atoms with Gasteiger partial charge in [0, 0.05) is 66.8 Å². The highest BCUT2D eigenvalue weighted by Gasteiger charge is 2.28. The molecule has 16 rings (SSSR count). The van der Waals surface area contributed by atoms with E-state index in [2.05, 4.69) is 359 Å². The molecule has 0 atom stereocenters. The van der Waals surface area contributed by atoms with E-state index in [9.17, 15) is 0 Å². The van der Waals surface area contributed by atoms with Crippen molar-refractivity contribution in [3.05, 3.63) is 340 Å². The van der Waals surface area contributed by atoms with E-state index in [4.69, 9.17) is 0 Å². The second-order valence-electron chi connectivity index (χ2n) is 22.0. The van der Waals surface area contributed by atoms with E-state index in [0.29, 0.717) is 0 Å². The molecule has 16 aromatic rings. The third-order valence-electron chi connectivity index (χ3n) is 17.0. The van der Waals surface area contributed by atoms with E-state index in [1.807, 2.05) is 0 Å². The lowest BCUT2D eigenvalue weighted by Crippen LogP contribution is -2.12.